The van der Waals surface area contributed by atoms with Crippen molar-refractivity contribution in [2.75, 3.05) is 0 Å². The molecule has 1 rings (SSSR count). The van der Waals surface area contributed by atoms with Crippen LogP contribution in [-0.2, 0) is 0 Å². The van der Waals surface area contributed by atoms with Crippen LogP contribution in [0.25, 0.3) is 6.08 Å². The Kier molecular flexibility index (Phi) is 11.3. The molecule has 2 atom stereocenters. The molecule has 0 amide bonds. The SMILES string of the molecule is CCCC/C=C\c1cnc([C@@H](CCCC)[C@@H](C)CCCCC)s1. The summed E-state index contributed by atoms with van der Waals surface area (Å²) in [6.07, 6.45) is 19.7. The quantitative estimate of drug-likeness (QED) is 0.335. The predicted molar refractivity (Wildman–Crippen MR) is 106 cm³/mol. The van der Waals surface area contributed by atoms with Crippen LogP contribution in [-0.4, -0.2) is 4.98 Å². The van der Waals surface area contributed by atoms with Crippen molar-refractivity contribution in [3.63, 3.8) is 0 Å². The van der Waals surface area contributed by atoms with E-state index in [1.54, 1.807) is 0 Å². The van der Waals surface area contributed by atoms with Crippen molar-refractivity contribution in [1.82, 2.24) is 4.98 Å². The summed E-state index contributed by atoms with van der Waals surface area (Å²) in [6, 6.07) is 0. The first kappa shape index (κ1) is 20.4. The average Bonchev–Trinajstić information content (AvgIpc) is 3.01. The highest BCUT2D eigenvalue weighted by atomic mass is 32.1. The molecule has 0 unspecified atom stereocenters. The number of unbranched alkanes of at least 4 members (excludes halogenated alkanes) is 5. The molecule has 0 radical (unpaired) electrons. The van der Waals surface area contributed by atoms with Gasteiger partial charge in [0.1, 0.15) is 0 Å². The Balaban J connectivity index is 2.66. The van der Waals surface area contributed by atoms with Crippen LogP contribution in [0.2, 0.25) is 0 Å². The van der Waals surface area contributed by atoms with Crippen molar-refractivity contribution >= 4 is 17.4 Å². The summed E-state index contributed by atoms with van der Waals surface area (Å²) in [5.74, 6) is 1.42. The Labute approximate surface area is 148 Å². The van der Waals surface area contributed by atoms with Gasteiger partial charge in [0, 0.05) is 17.0 Å². The summed E-state index contributed by atoms with van der Waals surface area (Å²) in [6.45, 7) is 9.27. The van der Waals surface area contributed by atoms with E-state index in [-0.39, 0.29) is 0 Å². The average molecular weight is 336 g/mol. The van der Waals surface area contributed by atoms with Crippen LogP contribution in [0.5, 0.6) is 0 Å². The zero-order valence-corrected chi connectivity index (χ0v) is 16.6. The van der Waals surface area contributed by atoms with Gasteiger partial charge in [0.05, 0.1) is 5.01 Å². The van der Waals surface area contributed by atoms with Crippen LogP contribution in [0, 0.1) is 5.92 Å². The summed E-state index contributed by atoms with van der Waals surface area (Å²) in [5, 5.41) is 1.37. The molecule has 1 aromatic rings. The van der Waals surface area contributed by atoms with Crippen molar-refractivity contribution in [2.24, 2.45) is 5.92 Å². The zero-order valence-electron chi connectivity index (χ0n) is 15.8. The lowest BCUT2D eigenvalue weighted by Crippen LogP contribution is -2.10. The van der Waals surface area contributed by atoms with Gasteiger partial charge in [0.25, 0.3) is 0 Å². The monoisotopic (exact) mass is 335 g/mol. The fraction of sp³-hybridized carbons (Fsp3) is 0.762. The van der Waals surface area contributed by atoms with Crippen molar-refractivity contribution in [3.8, 4) is 0 Å². The molecule has 2 heteroatoms. The molecule has 1 aromatic heterocycles. The molecular formula is C21H37NS. The Morgan fingerprint density at radius 3 is 2.43 bits per heavy atom. The van der Waals surface area contributed by atoms with Gasteiger partial charge in [-0.25, -0.2) is 4.98 Å². The predicted octanol–water partition coefficient (Wildman–Crippen LogP) is 7.84. The summed E-state index contributed by atoms with van der Waals surface area (Å²) in [4.78, 5) is 6.12. The number of thiazole rings is 1. The molecule has 0 aromatic carbocycles. The smallest absolute Gasteiger partial charge is 0.0964 e. The van der Waals surface area contributed by atoms with E-state index in [0.29, 0.717) is 5.92 Å². The van der Waals surface area contributed by atoms with Crippen molar-refractivity contribution in [2.45, 2.75) is 97.8 Å². The number of rotatable bonds is 13. The van der Waals surface area contributed by atoms with Crippen LogP contribution in [0.15, 0.2) is 12.3 Å². The maximum Gasteiger partial charge on any atom is 0.0964 e. The third-order valence-electron chi connectivity index (χ3n) is 4.68. The van der Waals surface area contributed by atoms with Gasteiger partial charge in [-0.15, -0.1) is 11.3 Å². The van der Waals surface area contributed by atoms with Crippen LogP contribution >= 0.6 is 11.3 Å². The van der Waals surface area contributed by atoms with Crippen LogP contribution in [0.4, 0.5) is 0 Å². The molecule has 1 nitrogen and oxygen atoms in total. The van der Waals surface area contributed by atoms with Crippen LogP contribution in [0.3, 0.4) is 0 Å². The lowest BCUT2D eigenvalue weighted by Gasteiger charge is -2.22. The Hall–Kier alpha value is -0.630. The second kappa shape index (κ2) is 12.8. The molecule has 1 heterocycles. The first-order valence-corrected chi connectivity index (χ1v) is 10.7. The molecule has 0 spiro atoms. The maximum atomic E-state index is 4.78. The second-order valence-corrected chi connectivity index (χ2v) is 7.96. The number of nitrogens with zero attached hydrogens (tertiary/aromatic N) is 1. The van der Waals surface area contributed by atoms with E-state index in [2.05, 4.69) is 46.0 Å². The fourth-order valence-electron chi connectivity index (χ4n) is 3.06. The summed E-state index contributed by atoms with van der Waals surface area (Å²) >= 11 is 1.92. The summed E-state index contributed by atoms with van der Waals surface area (Å²) < 4.78 is 0. The van der Waals surface area contributed by atoms with Gasteiger partial charge in [-0.2, -0.15) is 0 Å². The Morgan fingerprint density at radius 1 is 1.00 bits per heavy atom. The number of aromatic nitrogens is 1. The van der Waals surface area contributed by atoms with Crippen LogP contribution in [0.1, 0.15) is 108 Å². The van der Waals surface area contributed by atoms with Gasteiger partial charge >= 0.3 is 0 Å². The third kappa shape index (κ3) is 8.15. The Bertz CT molecular complexity index is 421. The van der Waals surface area contributed by atoms with E-state index < -0.39 is 0 Å². The topological polar surface area (TPSA) is 12.9 Å². The molecule has 0 saturated carbocycles. The normalized spacial score (nSPS) is 14.4. The second-order valence-electron chi connectivity index (χ2n) is 6.87. The molecule has 0 aliphatic heterocycles. The first-order chi connectivity index (χ1) is 11.2. The van der Waals surface area contributed by atoms with Gasteiger partial charge in [-0.3, -0.25) is 0 Å². The van der Waals surface area contributed by atoms with Gasteiger partial charge < -0.3 is 0 Å². The van der Waals surface area contributed by atoms with Crippen molar-refractivity contribution in [1.29, 1.82) is 0 Å². The number of hydrogen-bond donors (Lipinski definition) is 0. The molecule has 23 heavy (non-hydrogen) atoms. The molecule has 0 bridgehead atoms. The van der Waals surface area contributed by atoms with E-state index in [0.717, 1.165) is 5.92 Å². The van der Waals surface area contributed by atoms with E-state index in [9.17, 15) is 0 Å². The van der Waals surface area contributed by atoms with Crippen molar-refractivity contribution < 1.29 is 0 Å². The summed E-state index contributed by atoms with van der Waals surface area (Å²) in [7, 11) is 0. The van der Waals surface area contributed by atoms with Crippen molar-refractivity contribution in [3.05, 3.63) is 22.2 Å². The molecule has 0 aliphatic carbocycles. The fourth-order valence-corrected chi connectivity index (χ4v) is 4.18. The lowest BCUT2D eigenvalue weighted by molar-refractivity contribution is 0.383. The lowest BCUT2D eigenvalue weighted by atomic mass is 9.86. The van der Waals surface area contributed by atoms with Gasteiger partial charge in [-0.1, -0.05) is 85.1 Å². The Morgan fingerprint density at radius 2 is 1.74 bits per heavy atom. The van der Waals surface area contributed by atoms with E-state index in [4.69, 9.17) is 4.98 Å². The van der Waals surface area contributed by atoms with E-state index >= 15 is 0 Å². The number of allylic oxidation sites excluding steroid dienone is 1. The standard InChI is InChI=1S/C21H37NS/c1-5-8-11-13-15-19-17-22-21(23-19)20(16-10-7-3)18(4)14-12-9-6-2/h13,15,17-18,20H,5-12,14,16H2,1-4H3/b15-13-/t18-,20-/m0/s1. The molecule has 0 saturated heterocycles. The highest BCUT2D eigenvalue weighted by Gasteiger charge is 2.21. The van der Waals surface area contributed by atoms with E-state index in [1.165, 1.54) is 74.1 Å². The van der Waals surface area contributed by atoms with Crippen LogP contribution < -0.4 is 0 Å². The third-order valence-corrected chi connectivity index (χ3v) is 5.78. The summed E-state index contributed by atoms with van der Waals surface area (Å²) in [5.41, 5.74) is 0. The highest BCUT2D eigenvalue weighted by molar-refractivity contribution is 7.12. The number of hydrogen-bond acceptors (Lipinski definition) is 2. The van der Waals surface area contributed by atoms with Gasteiger partial charge in [0.2, 0.25) is 0 Å². The minimum Gasteiger partial charge on any atom is -0.249 e. The molecule has 0 aliphatic rings. The van der Waals surface area contributed by atoms with Gasteiger partial charge in [-0.05, 0) is 24.8 Å². The highest BCUT2D eigenvalue weighted by Crippen LogP contribution is 2.35. The maximum absolute atomic E-state index is 4.78. The minimum absolute atomic E-state index is 0.662. The molecular weight excluding hydrogens is 298 g/mol. The van der Waals surface area contributed by atoms with Gasteiger partial charge in [0.15, 0.2) is 0 Å². The minimum atomic E-state index is 0.662. The van der Waals surface area contributed by atoms with E-state index in [1.807, 2.05) is 11.3 Å². The zero-order chi connectivity index (χ0) is 16.9. The largest absolute Gasteiger partial charge is 0.249 e. The first-order valence-electron chi connectivity index (χ1n) is 9.85. The molecule has 132 valence electrons. The molecule has 0 N–H and O–H groups in total. The molecule has 0 fully saturated rings.